The standard InChI is InChI=1S/C21H18N2O3/c1-13-4-6-14(7-5-13)21(24)26-20-17(25-3)12-15-8-10-22-16-9-11-23(2)19(20)18(15)16/h4-12H,1-3H3. The molecule has 0 saturated heterocycles. The summed E-state index contributed by atoms with van der Waals surface area (Å²) >= 11 is 0. The molecule has 5 heteroatoms. The minimum Gasteiger partial charge on any atom is -0.493 e. The quantitative estimate of drug-likeness (QED) is 0.526. The van der Waals surface area contributed by atoms with E-state index < -0.39 is 5.97 Å². The summed E-state index contributed by atoms with van der Waals surface area (Å²) < 4.78 is 11.3. The van der Waals surface area contributed by atoms with Gasteiger partial charge in [-0.3, -0.25) is 4.98 Å². The molecule has 0 N–H and O–H groups in total. The van der Waals surface area contributed by atoms with Gasteiger partial charge in [-0.2, -0.15) is 0 Å². The van der Waals surface area contributed by atoms with Crippen LogP contribution in [0.5, 0.6) is 11.5 Å². The average molecular weight is 346 g/mol. The molecular weight excluding hydrogens is 328 g/mol. The first kappa shape index (κ1) is 16.1. The van der Waals surface area contributed by atoms with Gasteiger partial charge in [-0.1, -0.05) is 17.7 Å². The molecular formula is C21H18N2O3. The minimum absolute atomic E-state index is 0.395. The van der Waals surface area contributed by atoms with Crippen molar-refractivity contribution in [1.29, 1.82) is 0 Å². The SMILES string of the molecule is COc1cc2ccnc3c2c(c1OC(=O)c1ccc(C)cc1)N(C)C=C3. The van der Waals surface area contributed by atoms with E-state index in [2.05, 4.69) is 4.98 Å². The number of ether oxygens (including phenoxy) is 2. The van der Waals surface area contributed by atoms with Crippen molar-refractivity contribution < 1.29 is 14.3 Å². The maximum atomic E-state index is 12.7. The fraction of sp³-hybridized carbons (Fsp3) is 0.143. The highest BCUT2D eigenvalue weighted by molar-refractivity contribution is 6.07. The van der Waals surface area contributed by atoms with E-state index in [4.69, 9.17) is 9.47 Å². The molecule has 0 amide bonds. The topological polar surface area (TPSA) is 51.7 Å². The smallest absolute Gasteiger partial charge is 0.343 e. The summed E-state index contributed by atoms with van der Waals surface area (Å²) in [5, 5.41) is 1.91. The van der Waals surface area contributed by atoms with Crippen LogP contribution in [0, 0.1) is 6.92 Å². The molecule has 0 bridgehead atoms. The van der Waals surface area contributed by atoms with Gasteiger partial charge in [-0.25, -0.2) is 4.79 Å². The van der Waals surface area contributed by atoms with Gasteiger partial charge in [0.25, 0.3) is 0 Å². The first-order chi connectivity index (χ1) is 12.6. The lowest BCUT2D eigenvalue weighted by atomic mass is 10.0. The predicted molar refractivity (Wildman–Crippen MR) is 102 cm³/mol. The Balaban J connectivity index is 1.87. The Kier molecular flexibility index (Phi) is 3.84. The Morgan fingerprint density at radius 1 is 1.15 bits per heavy atom. The third kappa shape index (κ3) is 2.58. The summed E-state index contributed by atoms with van der Waals surface area (Å²) in [6.07, 6.45) is 5.59. The fourth-order valence-corrected chi connectivity index (χ4v) is 3.12. The molecule has 26 heavy (non-hydrogen) atoms. The van der Waals surface area contributed by atoms with Crippen LogP contribution in [0.3, 0.4) is 0 Å². The van der Waals surface area contributed by atoms with Crippen LogP contribution >= 0.6 is 0 Å². The predicted octanol–water partition coefficient (Wildman–Crippen LogP) is 4.19. The number of pyridine rings is 1. The van der Waals surface area contributed by atoms with Crippen LogP contribution in [0.4, 0.5) is 5.69 Å². The zero-order valence-corrected chi connectivity index (χ0v) is 14.8. The molecule has 3 aromatic rings. The van der Waals surface area contributed by atoms with Crippen LogP contribution in [-0.4, -0.2) is 25.1 Å². The summed E-state index contributed by atoms with van der Waals surface area (Å²) in [7, 11) is 3.47. The Hall–Kier alpha value is -3.34. The summed E-state index contributed by atoms with van der Waals surface area (Å²) in [6.45, 7) is 1.97. The van der Waals surface area contributed by atoms with E-state index in [1.165, 1.54) is 0 Å². The molecule has 0 spiro atoms. The molecule has 2 heterocycles. The van der Waals surface area contributed by atoms with Crippen molar-refractivity contribution in [2.75, 3.05) is 19.1 Å². The van der Waals surface area contributed by atoms with Crippen molar-refractivity contribution in [2.45, 2.75) is 6.92 Å². The maximum absolute atomic E-state index is 12.7. The first-order valence-electron chi connectivity index (χ1n) is 8.28. The zero-order chi connectivity index (χ0) is 18.3. The number of esters is 1. The average Bonchev–Trinajstić information content (AvgIpc) is 2.65. The van der Waals surface area contributed by atoms with Crippen LogP contribution in [0.15, 0.2) is 48.8 Å². The summed E-state index contributed by atoms with van der Waals surface area (Å²) in [5.74, 6) is 0.478. The van der Waals surface area contributed by atoms with Gasteiger partial charge in [-0.15, -0.1) is 0 Å². The van der Waals surface area contributed by atoms with E-state index in [1.54, 1.807) is 25.4 Å². The fourth-order valence-electron chi connectivity index (χ4n) is 3.12. The summed E-state index contributed by atoms with van der Waals surface area (Å²) in [4.78, 5) is 19.0. The number of hydrogen-bond donors (Lipinski definition) is 0. The lowest BCUT2D eigenvalue weighted by Crippen LogP contribution is -2.17. The van der Waals surface area contributed by atoms with Crippen molar-refractivity contribution >= 4 is 28.5 Å². The largest absolute Gasteiger partial charge is 0.493 e. The number of anilines is 1. The second kappa shape index (κ2) is 6.19. The van der Waals surface area contributed by atoms with E-state index >= 15 is 0 Å². The molecule has 2 aromatic carbocycles. The van der Waals surface area contributed by atoms with Crippen LogP contribution < -0.4 is 14.4 Å². The zero-order valence-electron chi connectivity index (χ0n) is 14.8. The van der Waals surface area contributed by atoms with E-state index in [1.807, 2.05) is 55.4 Å². The van der Waals surface area contributed by atoms with Crippen molar-refractivity contribution in [1.82, 2.24) is 4.98 Å². The monoisotopic (exact) mass is 346 g/mol. The molecule has 1 aliphatic heterocycles. The molecule has 0 atom stereocenters. The van der Waals surface area contributed by atoms with Crippen LogP contribution in [0.25, 0.3) is 16.8 Å². The number of hydrogen-bond acceptors (Lipinski definition) is 5. The van der Waals surface area contributed by atoms with E-state index in [0.29, 0.717) is 17.1 Å². The van der Waals surface area contributed by atoms with Gasteiger partial charge in [-0.05, 0) is 42.7 Å². The van der Waals surface area contributed by atoms with Crippen molar-refractivity contribution in [2.24, 2.45) is 0 Å². The second-order valence-corrected chi connectivity index (χ2v) is 6.23. The number of aryl methyl sites for hydroxylation is 1. The molecule has 0 radical (unpaired) electrons. The number of carbonyl (C=O) groups excluding carboxylic acids is 1. The van der Waals surface area contributed by atoms with Gasteiger partial charge >= 0.3 is 5.97 Å². The van der Waals surface area contributed by atoms with E-state index in [0.717, 1.165) is 27.7 Å². The number of nitrogens with zero attached hydrogens (tertiary/aromatic N) is 2. The van der Waals surface area contributed by atoms with Crippen LogP contribution in [0.2, 0.25) is 0 Å². The number of aromatic nitrogens is 1. The molecule has 0 unspecified atom stereocenters. The molecule has 4 rings (SSSR count). The van der Waals surface area contributed by atoms with E-state index in [-0.39, 0.29) is 0 Å². The van der Waals surface area contributed by atoms with Gasteiger partial charge in [0, 0.05) is 24.8 Å². The van der Waals surface area contributed by atoms with Crippen LogP contribution in [-0.2, 0) is 0 Å². The molecule has 5 nitrogen and oxygen atoms in total. The Morgan fingerprint density at radius 3 is 2.65 bits per heavy atom. The van der Waals surface area contributed by atoms with Gasteiger partial charge in [0.05, 0.1) is 24.1 Å². The summed E-state index contributed by atoms with van der Waals surface area (Å²) in [5.41, 5.74) is 3.18. The highest BCUT2D eigenvalue weighted by Crippen LogP contribution is 2.46. The summed E-state index contributed by atoms with van der Waals surface area (Å²) in [6, 6.07) is 11.1. The normalized spacial score (nSPS) is 12.3. The molecule has 130 valence electrons. The second-order valence-electron chi connectivity index (χ2n) is 6.23. The van der Waals surface area contributed by atoms with Gasteiger partial charge < -0.3 is 14.4 Å². The van der Waals surface area contributed by atoms with E-state index in [9.17, 15) is 4.79 Å². The van der Waals surface area contributed by atoms with Crippen molar-refractivity contribution in [3.05, 3.63) is 65.6 Å². The van der Waals surface area contributed by atoms with Gasteiger partial charge in [0.15, 0.2) is 11.5 Å². The van der Waals surface area contributed by atoms with Crippen LogP contribution in [0.1, 0.15) is 21.6 Å². The Morgan fingerprint density at radius 2 is 1.92 bits per heavy atom. The minimum atomic E-state index is -0.424. The van der Waals surface area contributed by atoms with Gasteiger partial charge in [0.2, 0.25) is 0 Å². The molecule has 0 fully saturated rings. The molecule has 0 aliphatic carbocycles. The van der Waals surface area contributed by atoms with Crippen molar-refractivity contribution in [3.8, 4) is 11.5 Å². The Labute approximate surface area is 151 Å². The number of rotatable bonds is 3. The third-order valence-corrected chi connectivity index (χ3v) is 4.49. The third-order valence-electron chi connectivity index (χ3n) is 4.49. The Bertz CT molecular complexity index is 1040. The molecule has 1 aliphatic rings. The maximum Gasteiger partial charge on any atom is 0.343 e. The molecule has 1 aromatic heterocycles. The molecule has 0 saturated carbocycles. The lowest BCUT2D eigenvalue weighted by molar-refractivity contribution is 0.0731. The highest BCUT2D eigenvalue weighted by Gasteiger charge is 2.25. The number of methoxy groups -OCH3 is 1. The highest BCUT2D eigenvalue weighted by atomic mass is 16.6. The first-order valence-corrected chi connectivity index (χ1v) is 8.28. The van der Waals surface area contributed by atoms with Crippen molar-refractivity contribution in [3.63, 3.8) is 0 Å². The number of benzene rings is 2. The van der Waals surface area contributed by atoms with Gasteiger partial charge in [0.1, 0.15) is 0 Å². The lowest BCUT2D eigenvalue weighted by Gasteiger charge is -2.25. The number of carbonyl (C=O) groups is 1.